The van der Waals surface area contributed by atoms with Crippen molar-refractivity contribution < 1.29 is 4.74 Å². The van der Waals surface area contributed by atoms with E-state index in [2.05, 4.69) is 111 Å². The molecule has 1 aromatic carbocycles. The Kier molecular flexibility index (Phi) is 6.27. The molecule has 112 valence electrons. The van der Waals surface area contributed by atoms with Crippen molar-refractivity contribution in [1.29, 1.82) is 0 Å². The van der Waals surface area contributed by atoms with Gasteiger partial charge < -0.3 is 4.74 Å². The molecule has 0 saturated heterocycles. The summed E-state index contributed by atoms with van der Waals surface area (Å²) in [6.45, 7) is 0. The molecule has 1 aromatic heterocycles. The number of rotatable bonds is 2. The van der Waals surface area contributed by atoms with Crippen molar-refractivity contribution in [2.45, 2.75) is 4.29 Å². The molecule has 10 heteroatoms. The maximum Gasteiger partial charge on any atom is 0.325 e. The normalized spacial score (nSPS) is 12.3. The van der Waals surface area contributed by atoms with Crippen molar-refractivity contribution in [3.05, 3.63) is 42.0 Å². The van der Waals surface area contributed by atoms with Gasteiger partial charge in [-0.25, -0.2) is 4.98 Å². The highest BCUT2D eigenvalue weighted by atomic mass is 80.0. The number of para-hydroxylation sites is 1. The number of nitrogens with zero attached hydrogens (tertiary/aromatic N) is 3. The summed E-state index contributed by atoms with van der Waals surface area (Å²) < 4.78 is 4.10. The largest absolute Gasteiger partial charge is 0.424 e. The summed E-state index contributed by atoms with van der Waals surface area (Å²) in [5.41, 5.74) is 0. The minimum absolute atomic E-state index is 0.173. The van der Waals surface area contributed by atoms with Crippen LogP contribution in [0.3, 0.4) is 0 Å². The van der Waals surface area contributed by atoms with Gasteiger partial charge >= 0.3 is 6.01 Å². The Labute approximate surface area is 171 Å². The molecular formula is C11H5Br6N3O. The second-order valence-electron chi connectivity index (χ2n) is 3.68. The Morgan fingerprint density at radius 3 is 1.62 bits per heavy atom. The van der Waals surface area contributed by atoms with Crippen LogP contribution in [0.15, 0.2) is 30.3 Å². The van der Waals surface area contributed by atoms with E-state index >= 15 is 0 Å². The van der Waals surface area contributed by atoms with E-state index in [1.807, 2.05) is 30.3 Å². The van der Waals surface area contributed by atoms with Crippen molar-refractivity contribution in [2.75, 3.05) is 0 Å². The van der Waals surface area contributed by atoms with Crippen LogP contribution in [0.2, 0.25) is 0 Å². The van der Waals surface area contributed by atoms with Gasteiger partial charge in [-0.15, -0.1) is 0 Å². The van der Waals surface area contributed by atoms with Gasteiger partial charge in [0.05, 0.1) is 0 Å². The van der Waals surface area contributed by atoms with Gasteiger partial charge in [-0.1, -0.05) is 114 Å². The highest BCUT2D eigenvalue weighted by Gasteiger charge is 2.32. The Hall–Kier alpha value is 0.910. The Morgan fingerprint density at radius 1 is 0.714 bits per heavy atom. The zero-order chi connectivity index (χ0) is 15.7. The maximum atomic E-state index is 5.66. The molecule has 4 nitrogen and oxygen atoms in total. The molecule has 0 aliphatic heterocycles. The first-order valence-electron chi connectivity index (χ1n) is 5.29. The fraction of sp³-hybridized carbons (Fsp3) is 0.182. The predicted molar refractivity (Wildman–Crippen MR) is 103 cm³/mol. The topological polar surface area (TPSA) is 47.9 Å². The van der Waals surface area contributed by atoms with Crippen molar-refractivity contribution in [2.24, 2.45) is 0 Å². The summed E-state index contributed by atoms with van der Waals surface area (Å²) in [6, 6.07) is 9.44. The van der Waals surface area contributed by atoms with Crippen LogP contribution >= 0.6 is 95.6 Å². The van der Waals surface area contributed by atoms with E-state index in [1.165, 1.54) is 0 Å². The highest BCUT2D eigenvalue weighted by molar-refractivity contribution is 9.39. The summed E-state index contributed by atoms with van der Waals surface area (Å²) in [6.07, 6.45) is 0. The molecule has 0 N–H and O–H groups in total. The van der Waals surface area contributed by atoms with Crippen molar-refractivity contribution in [3.63, 3.8) is 0 Å². The van der Waals surface area contributed by atoms with E-state index < -0.39 is 4.29 Å². The number of hydrogen-bond donors (Lipinski definition) is 0. The third-order valence-corrected chi connectivity index (χ3v) is 4.20. The standard InChI is InChI=1S/C11H5Br6N3O/c12-10(13,14)7-18-8(11(15,16)17)20-9(19-7)21-6-4-2-1-3-5-6/h1-5H. The molecule has 2 aromatic rings. The molecule has 0 fully saturated rings. The van der Waals surface area contributed by atoms with Crippen LogP contribution in [-0.2, 0) is 4.29 Å². The molecule has 0 saturated carbocycles. The van der Waals surface area contributed by atoms with Gasteiger partial charge in [-0.05, 0) is 12.1 Å². The second-order valence-corrected chi connectivity index (χ2v) is 17.2. The minimum Gasteiger partial charge on any atom is -0.424 e. The van der Waals surface area contributed by atoms with E-state index in [-0.39, 0.29) is 6.01 Å². The summed E-state index contributed by atoms with van der Waals surface area (Å²) in [4.78, 5) is 12.9. The molecule has 0 atom stereocenters. The smallest absolute Gasteiger partial charge is 0.325 e. The van der Waals surface area contributed by atoms with Crippen molar-refractivity contribution >= 4 is 95.6 Å². The molecule has 0 unspecified atom stereocenters. The third-order valence-electron chi connectivity index (χ3n) is 2.07. The van der Waals surface area contributed by atoms with E-state index in [0.717, 1.165) is 0 Å². The quantitative estimate of drug-likeness (QED) is 0.354. The Morgan fingerprint density at radius 2 is 1.19 bits per heavy atom. The lowest BCUT2D eigenvalue weighted by Crippen LogP contribution is -2.15. The molecule has 1 heterocycles. The van der Waals surface area contributed by atoms with E-state index in [1.54, 1.807) is 0 Å². The highest BCUT2D eigenvalue weighted by Crippen LogP contribution is 2.46. The lowest BCUT2D eigenvalue weighted by atomic mass is 10.3. The van der Waals surface area contributed by atoms with Gasteiger partial charge in [0.1, 0.15) is 5.75 Å². The maximum absolute atomic E-state index is 5.66. The van der Waals surface area contributed by atoms with Gasteiger partial charge in [-0.3, -0.25) is 0 Å². The number of aromatic nitrogens is 3. The first-order valence-corrected chi connectivity index (χ1v) is 10.1. The lowest BCUT2D eigenvalue weighted by Gasteiger charge is -2.16. The SMILES string of the molecule is BrC(Br)(Br)c1nc(Oc2ccccc2)nc(C(Br)(Br)Br)n1. The fourth-order valence-corrected chi connectivity index (χ4v) is 2.31. The molecule has 21 heavy (non-hydrogen) atoms. The van der Waals surface area contributed by atoms with Gasteiger partial charge in [0.25, 0.3) is 0 Å². The monoisotopic (exact) mass is 669 g/mol. The molecule has 0 aliphatic carbocycles. The van der Waals surface area contributed by atoms with Crippen molar-refractivity contribution in [3.8, 4) is 11.8 Å². The summed E-state index contributed by atoms with van der Waals surface area (Å²) >= 11 is 20.3. The number of alkyl halides is 6. The van der Waals surface area contributed by atoms with E-state index in [9.17, 15) is 0 Å². The molecule has 0 aliphatic rings. The first kappa shape index (κ1) is 18.3. The van der Waals surface area contributed by atoms with Crippen LogP contribution in [0.25, 0.3) is 0 Å². The summed E-state index contributed by atoms with van der Waals surface area (Å²) in [5, 5.41) is 0. The van der Waals surface area contributed by atoms with Crippen LogP contribution in [0, 0.1) is 0 Å². The molecule has 0 radical (unpaired) electrons. The van der Waals surface area contributed by atoms with E-state index in [4.69, 9.17) is 4.74 Å². The Bertz CT molecular complexity index is 594. The molecule has 0 amide bonds. The average molecular weight is 675 g/mol. The molecule has 0 spiro atoms. The number of halogens is 6. The number of benzene rings is 1. The van der Waals surface area contributed by atoms with E-state index in [0.29, 0.717) is 17.4 Å². The van der Waals surface area contributed by atoms with Gasteiger partial charge in [0.2, 0.25) is 0 Å². The summed E-state index contributed by atoms with van der Waals surface area (Å²) in [5.74, 6) is 1.44. The van der Waals surface area contributed by atoms with Gasteiger partial charge in [0, 0.05) is 0 Å². The second kappa shape index (κ2) is 7.21. The first-order chi connectivity index (χ1) is 9.66. The van der Waals surface area contributed by atoms with Crippen molar-refractivity contribution in [1.82, 2.24) is 15.0 Å². The number of hydrogen-bond acceptors (Lipinski definition) is 4. The lowest BCUT2D eigenvalue weighted by molar-refractivity contribution is 0.434. The Balaban J connectivity index is 2.45. The fourth-order valence-electron chi connectivity index (χ4n) is 1.25. The molecule has 2 rings (SSSR count). The van der Waals surface area contributed by atoms with Gasteiger partial charge in [0.15, 0.2) is 15.9 Å². The van der Waals surface area contributed by atoms with Crippen LogP contribution in [0.5, 0.6) is 11.8 Å². The predicted octanol–water partition coefficient (Wildman–Crippen LogP) is 6.25. The number of ether oxygens (including phenoxy) is 1. The molecule has 0 bridgehead atoms. The summed E-state index contributed by atoms with van der Waals surface area (Å²) in [7, 11) is 0. The van der Waals surface area contributed by atoms with Crippen LogP contribution in [0.1, 0.15) is 11.6 Å². The van der Waals surface area contributed by atoms with Crippen LogP contribution in [-0.4, -0.2) is 15.0 Å². The third kappa shape index (κ3) is 5.49. The van der Waals surface area contributed by atoms with Gasteiger partial charge in [-0.2, -0.15) is 9.97 Å². The molecular weight excluding hydrogens is 670 g/mol. The zero-order valence-corrected chi connectivity index (χ0v) is 19.4. The minimum atomic E-state index is -0.780. The zero-order valence-electron chi connectivity index (χ0n) is 9.90. The average Bonchev–Trinajstić information content (AvgIpc) is 2.37. The van der Waals surface area contributed by atoms with Crippen LogP contribution < -0.4 is 4.74 Å². The van der Waals surface area contributed by atoms with Crippen LogP contribution in [0.4, 0.5) is 0 Å².